The minimum atomic E-state index is -2.95. The Hall–Kier alpha value is -3.23. The van der Waals surface area contributed by atoms with Crippen LogP contribution in [-0.2, 0) is 4.79 Å². The van der Waals surface area contributed by atoms with Crippen LogP contribution in [0.5, 0.6) is 5.75 Å². The molecular weight excluding hydrogens is 360 g/mol. The van der Waals surface area contributed by atoms with Crippen molar-refractivity contribution in [3.63, 3.8) is 0 Å². The molecule has 0 bridgehead atoms. The van der Waals surface area contributed by atoms with Crippen LogP contribution in [0, 0.1) is 0 Å². The minimum absolute atomic E-state index is 0.0255. The van der Waals surface area contributed by atoms with Gasteiger partial charge in [0, 0.05) is 23.6 Å². The molecule has 4 rings (SSSR count). The molecule has 1 atom stereocenters. The van der Waals surface area contributed by atoms with E-state index in [0.717, 1.165) is 0 Å². The number of nitrogens with one attached hydrogen (secondary N) is 3. The van der Waals surface area contributed by atoms with Gasteiger partial charge in [0.15, 0.2) is 5.78 Å². The Balaban J connectivity index is 1.88. The molecule has 2 aromatic rings. The second kappa shape index (κ2) is 6.49. The predicted molar refractivity (Wildman–Crippen MR) is 92.1 cm³/mol. The zero-order chi connectivity index (χ0) is 19.1. The summed E-state index contributed by atoms with van der Waals surface area (Å²) < 4.78 is 29.1. The van der Waals surface area contributed by atoms with Gasteiger partial charge in [0.25, 0.3) is 5.56 Å². The molecule has 7 nitrogen and oxygen atoms in total. The SMILES string of the molecule is O=C1CCCC2=C1C(c1ccc(OC(F)F)cc1)c1c([nH]c(=O)[nH]c1=O)N2. The number of rotatable bonds is 3. The lowest BCUT2D eigenvalue weighted by atomic mass is 9.76. The van der Waals surface area contributed by atoms with Gasteiger partial charge < -0.3 is 10.1 Å². The van der Waals surface area contributed by atoms with E-state index in [1.165, 1.54) is 24.3 Å². The number of anilines is 1. The molecule has 2 aliphatic rings. The number of carbonyl (C=O) groups is 1. The fourth-order valence-corrected chi connectivity index (χ4v) is 3.67. The summed E-state index contributed by atoms with van der Waals surface area (Å²) in [6.07, 6.45) is 1.64. The number of H-pyrrole nitrogens is 2. The van der Waals surface area contributed by atoms with Crippen LogP contribution >= 0.6 is 0 Å². The van der Waals surface area contributed by atoms with Gasteiger partial charge in [-0.2, -0.15) is 8.78 Å². The molecule has 0 fully saturated rings. The van der Waals surface area contributed by atoms with Crippen LogP contribution in [-0.4, -0.2) is 22.4 Å². The van der Waals surface area contributed by atoms with Crippen molar-refractivity contribution in [2.24, 2.45) is 0 Å². The Kier molecular flexibility index (Phi) is 4.14. The molecule has 140 valence electrons. The number of carbonyl (C=O) groups excluding carboxylic acids is 1. The van der Waals surface area contributed by atoms with Crippen molar-refractivity contribution in [3.8, 4) is 5.75 Å². The molecule has 1 aromatic heterocycles. The predicted octanol–water partition coefficient (Wildman–Crippen LogP) is 2.23. The molecule has 0 saturated carbocycles. The summed E-state index contributed by atoms with van der Waals surface area (Å²) in [6, 6.07) is 5.79. The van der Waals surface area contributed by atoms with E-state index in [1.54, 1.807) is 0 Å². The van der Waals surface area contributed by atoms with Crippen LogP contribution in [0.4, 0.5) is 14.6 Å². The van der Waals surface area contributed by atoms with Crippen LogP contribution in [0.1, 0.15) is 36.3 Å². The lowest BCUT2D eigenvalue weighted by molar-refractivity contribution is -0.116. The van der Waals surface area contributed by atoms with Gasteiger partial charge >= 0.3 is 12.3 Å². The Morgan fingerprint density at radius 1 is 1.04 bits per heavy atom. The number of ether oxygens (including phenoxy) is 1. The maximum absolute atomic E-state index is 12.6. The molecule has 0 amide bonds. The second-order valence-corrected chi connectivity index (χ2v) is 6.37. The first-order valence-electron chi connectivity index (χ1n) is 8.38. The third-order valence-corrected chi connectivity index (χ3v) is 4.73. The Morgan fingerprint density at radius 2 is 1.78 bits per heavy atom. The standard InChI is InChI=1S/C18H15F2N3O4/c19-17(20)27-9-6-4-8(5-7-9)12-13-10(2-1-3-11(13)24)21-15-14(12)16(25)23-18(26)22-15/h4-7,12,17H,1-3H2,(H3,21,22,23,25,26). The van der Waals surface area contributed by atoms with Crippen LogP contribution < -0.4 is 21.3 Å². The summed E-state index contributed by atoms with van der Waals surface area (Å²) in [7, 11) is 0. The first-order valence-corrected chi connectivity index (χ1v) is 8.38. The lowest BCUT2D eigenvalue weighted by Crippen LogP contribution is -2.36. The highest BCUT2D eigenvalue weighted by molar-refractivity contribution is 6.00. The van der Waals surface area contributed by atoms with E-state index in [-0.39, 0.29) is 22.9 Å². The molecule has 1 aliphatic carbocycles. The van der Waals surface area contributed by atoms with E-state index in [4.69, 9.17) is 0 Å². The smallest absolute Gasteiger partial charge is 0.387 e. The molecule has 0 spiro atoms. The first-order chi connectivity index (χ1) is 12.9. The fourth-order valence-electron chi connectivity index (χ4n) is 3.67. The third-order valence-electron chi connectivity index (χ3n) is 4.73. The number of alkyl halides is 2. The number of halogens is 2. The van der Waals surface area contributed by atoms with Gasteiger partial charge in [0.2, 0.25) is 0 Å². The number of Topliss-reactive ketones (excluding diaryl/α,β-unsaturated/α-hetero) is 1. The monoisotopic (exact) mass is 375 g/mol. The van der Waals surface area contributed by atoms with Crippen molar-refractivity contribution < 1.29 is 18.3 Å². The van der Waals surface area contributed by atoms with Crippen molar-refractivity contribution in [1.29, 1.82) is 0 Å². The maximum Gasteiger partial charge on any atom is 0.387 e. The van der Waals surface area contributed by atoms with Gasteiger partial charge in [-0.3, -0.25) is 19.6 Å². The Morgan fingerprint density at radius 3 is 2.48 bits per heavy atom. The van der Waals surface area contributed by atoms with Crippen molar-refractivity contribution in [2.75, 3.05) is 5.32 Å². The highest BCUT2D eigenvalue weighted by atomic mass is 19.3. The Labute approximate surface area is 151 Å². The average molecular weight is 375 g/mol. The quantitative estimate of drug-likeness (QED) is 0.763. The molecule has 1 aliphatic heterocycles. The number of allylic oxidation sites excluding steroid dienone is 2. The molecule has 1 unspecified atom stereocenters. The Bertz CT molecular complexity index is 1050. The van der Waals surface area contributed by atoms with E-state index in [9.17, 15) is 23.2 Å². The molecule has 9 heteroatoms. The molecule has 2 heterocycles. The van der Waals surface area contributed by atoms with Gasteiger partial charge in [0.1, 0.15) is 11.6 Å². The number of benzene rings is 1. The van der Waals surface area contributed by atoms with Gasteiger partial charge in [-0.05, 0) is 30.5 Å². The van der Waals surface area contributed by atoms with Crippen LogP contribution in [0.25, 0.3) is 0 Å². The van der Waals surface area contributed by atoms with E-state index in [1.807, 2.05) is 0 Å². The van der Waals surface area contributed by atoms with E-state index in [2.05, 4.69) is 20.0 Å². The molecule has 0 radical (unpaired) electrons. The number of ketones is 1. The molecule has 3 N–H and O–H groups in total. The summed E-state index contributed by atoms with van der Waals surface area (Å²) in [6.45, 7) is -2.95. The summed E-state index contributed by atoms with van der Waals surface area (Å²) in [4.78, 5) is 41.5. The zero-order valence-electron chi connectivity index (χ0n) is 14.0. The van der Waals surface area contributed by atoms with Crippen LogP contribution in [0.2, 0.25) is 0 Å². The van der Waals surface area contributed by atoms with Crippen molar-refractivity contribution in [3.05, 3.63) is 67.5 Å². The van der Waals surface area contributed by atoms with Crippen LogP contribution in [0.15, 0.2) is 45.1 Å². The van der Waals surface area contributed by atoms with Crippen molar-refractivity contribution in [2.45, 2.75) is 31.8 Å². The van der Waals surface area contributed by atoms with Gasteiger partial charge in [-0.15, -0.1) is 0 Å². The number of hydrogen-bond acceptors (Lipinski definition) is 5. The summed E-state index contributed by atoms with van der Waals surface area (Å²) in [5.41, 5.74) is 0.651. The van der Waals surface area contributed by atoms with Crippen molar-refractivity contribution >= 4 is 11.6 Å². The van der Waals surface area contributed by atoms with Gasteiger partial charge in [-0.1, -0.05) is 12.1 Å². The van der Waals surface area contributed by atoms with Crippen molar-refractivity contribution in [1.82, 2.24) is 9.97 Å². The highest BCUT2D eigenvalue weighted by Crippen LogP contribution is 2.43. The molecular formula is C18H15F2N3O4. The number of fused-ring (bicyclic) bond motifs is 1. The number of aromatic amines is 2. The van der Waals surface area contributed by atoms with Gasteiger partial charge in [-0.25, -0.2) is 4.79 Å². The number of hydrogen-bond donors (Lipinski definition) is 3. The zero-order valence-corrected chi connectivity index (χ0v) is 14.0. The fraction of sp³-hybridized carbons (Fsp3) is 0.278. The minimum Gasteiger partial charge on any atom is -0.435 e. The molecule has 0 saturated heterocycles. The maximum atomic E-state index is 12.6. The van der Waals surface area contributed by atoms with E-state index >= 15 is 0 Å². The molecule has 1 aromatic carbocycles. The number of aromatic nitrogens is 2. The summed E-state index contributed by atoms with van der Waals surface area (Å²) >= 11 is 0. The largest absolute Gasteiger partial charge is 0.435 e. The summed E-state index contributed by atoms with van der Waals surface area (Å²) in [5.74, 6) is -0.569. The lowest BCUT2D eigenvalue weighted by Gasteiger charge is -2.32. The van der Waals surface area contributed by atoms with E-state index < -0.39 is 23.8 Å². The summed E-state index contributed by atoms with van der Waals surface area (Å²) in [5, 5.41) is 3.01. The van der Waals surface area contributed by atoms with E-state index in [0.29, 0.717) is 36.1 Å². The van der Waals surface area contributed by atoms with Crippen LogP contribution in [0.3, 0.4) is 0 Å². The normalized spacial score (nSPS) is 18.8. The average Bonchev–Trinajstić information content (AvgIpc) is 2.60. The van der Waals surface area contributed by atoms with Gasteiger partial charge in [0.05, 0.1) is 5.56 Å². The first kappa shape index (κ1) is 17.2. The topological polar surface area (TPSA) is 104 Å². The third kappa shape index (κ3) is 3.05. The molecule has 27 heavy (non-hydrogen) atoms. The second-order valence-electron chi connectivity index (χ2n) is 6.37. The highest BCUT2D eigenvalue weighted by Gasteiger charge is 2.37.